The lowest BCUT2D eigenvalue weighted by Crippen LogP contribution is -2.06. The first-order valence-corrected chi connectivity index (χ1v) is 5.81. The number of nitrogens with zero attached hydrogens (tertiary/aromatic N) is 5. The number of anilines is 1. The average Bonchev–Trinajstić information content (AvgIpc) is 2.94. The van der Waals surface area contributed by atoms with E-state index in [4.69, 9.17) is 5.11 Å². The van der Waals surface area contributed by atoms with Crippen LogP contribution in [0.2, 0.25) is 0 Å². The molecule has 0 saturated heterocycles. The molecule has 0 amide bonds. The molecule has 3 rings (SSSR count). The van der Waals surface area contributed by atoms with Crippen molar-refractivity contribution in [1.29, 1.82) is 0 Å². The van der Waals surface area contributed by atoms with Crippen molar-refractivity contribution in [2.24, 2.45) is 0 Å². The highest BCUT2D eigenvalue weighted by Gasteiger charge is 2.03. The molecule has 7 nitrogen and oxygen atoms in total. The number of rotatable bonds is 4. The Hall–Kier alpha value is -2.54. The molecule has 0 atom stereocenters. The van der Waals surface area contributed by atoms with E-state index in [9.17, 15) is 0 Å². The van der Waals surface area contributed by atoms with Gasteiger partial charge in [0.05, 0.1) is 19.0 Å². The molecule has 96 valence electrons. The lowest BCUT2D eigenvalue weighted by atomic mass is 10.1. The molecular formula is C12H12N6O. The van der Waals surface area contributed by atoms with Crippen LogP contribution in [0, 0.1) is 0 Å². The molecule has 3 aromatic rings. The molecule has 0 spiro atoms. The molecule has 1 aromatic carbocycles. The molecule has 0 saturated carbocycles. The lowest BCUT2D eigenvalue weighted by Gasteiger charge is -2.07. The molecule has 0 bridgehead atoms. The zero-order valence-electron chi connectivity index (χ0n) is 10.1. The minimum absolute atomic E-state index is 0.0397. The van der Waals surface area contributed by atoms with E-state index in [1.807, 2.05) is 24.3 Å². The van der Waals surface area contributed by atoms with Crippen LogP contribution in [0.15, 0.2) is 36.7 Å². The maximum Gasteiger partial charge on any atom is 0.199 e. The smallest absolute Gasteiger partial charge is 0.199 e. The Morgan fingerprint density at radius 1 is 1.21 bits per heavy atom. The van der Waals surface area contributed by atoms with E-state index in [1.54, 1.807) is 16.9 Å². The Morgan fingerprint density at radius 3 is 3.00 bits per heavy atom. The van der Waals surface area contributed by atoms with E-state index in [0.717, 1.165) is 16.9 Å². The maximum absolute atomic E-state index is 9.10. The molecule has 0 aliphatic rings. The van der Waals surface area contributed by atoms with Gasteiger partial charge in [0.2, 0.25) is 0 Å². The van der Waals surface area contributed by atoms with Gasteiger partial charge in [-0.15, -0.1) is 5.10 Å². The van der Waals surface area contributed by atoms with Crippen LogP contribution in [0.3, 0.4) is 0 Å². The highest BCUT2D eigenvalue weighted by molar-refractivity contribution is 5.44. The summed E-state index contributed by atoms with van der Waals surface area (Å²) in [6, 6.07) is 7.73. The second kappa shape index (κ2) is 4.99. The summed E-state index contributed by atoms with van der Waals surface area (Å²) in [5.41, 5.74) is 2.55. The quantitative estimate of drug-likeness (QED) is 0.711. The van der Waals surface area contributed by atoms with Crippen molar-refractivity contribution in [3.63, 3.8) is 0 Å². The summed E-state index contributed by atoms with van der Waals surface area (Å²) < 4.78 is 1.59. The van der Waals surface area contributed by atoms with Crippen molar-refractivity contribution in [1.82, 2.24) is 25.0 Å². The Balaban J connectivity index is 1.80. The first kappa shape index (κ1) is 11.5. The van der Waals surface area contributed by atoms with Gasteiger partial charge in [-0.05, 0) is 21.6 Å². The number of aliphatic hydroxyl groups excluding tert-OH is 1. The van der Waals surface area contributed by atoms with Crippen molar-refractivity contribution in [2.75, 3.05) is 5.32 Å². The van der Waals surface area contributed by atoms with Gasteiger partial charge >= 0.3 is 0 Å². The molecule has 0 fully saturated rings. The molecule has 0 aliphatic carbocycles. The third-order valence-corrected chi connectivity index (χ3v) is 2.76. The van der Waals surface area contributed by atoms with Crippen molar-refractivity contribution in [3.05, 3.63) is 47.8 Å². The number of aromatic nitrogens is 5. The van der Waals surface area contributed by atoms with Gasteiger partial charge in [0.15, 0.2) is 11.5 Å². The van der Waals surface area contributed by atoms with Crippen molar-refractivity contribution in [2.45, 2.75) is 13.2 Å². The number of benzene rings is 1. The van der Waals surface area contributed by atoms with E-state index >= 15 is 0 Å². The molecule has 0 aliphatic heterocycles. The van der Waals surface area contributed by atoms with E-state index in [1.165, 1.54) is 0 Å². The van der Waals surface area contributed by atoms with Gasteiger partial charge in [0.1, 0.15) is 0 Å². The van der Waals surface area contributed by atoms with Crippen LogP contribution >= 0.6 is 0 Å². The second-order valence-electron chi connectivity index (χ2n) is 4.07. The monoisotopic (exact) mass is 256 g/mol. The summed E-state index contributed by atoms with van der Waals surface area (Å²) in [5.74, 6) is 0.719. The fraction of sp³-hybridized carbons (Fsp3) is 0.167. The summed E-state index contributed by atoms with van der Waals surface area (Å²) in [6.45, 7) is 0.645. The highest BCUT2D eigenvalue weighted by Crippen LogP contribution is 2.10. The number of fused-ring (bicyclic) bond motifs is 1. The van der Waals surface area contributed by atoms with Gasteiger partial charge in [-0.1, -0.05) is 24.3 Å². The van der Waals surface area contributed by atoms with Crippen LogP contribution in [0.1, 0.15) is 11.1 Å². The Labute approximate surface area is 108 Å². The Morgan fingerprint density at radius 2 is 2.11 bits per heavy atom. The summed E-state index contributed by atoms with van der Waals surface area (Å²) >= 11 is 0. The van der Waals surface area contributed by atoms with Gasteiger partial charge in [-0.25, -0.2) is 0 Å². The molecule has 0 unspecified atom stereocenters. The molecule has 0 radical (unpaired) electrons. The summed E-state index contributed by atoms with van der Waals surface area (Å²) in [7, 11) is 0. The van der Waals surface area contributed by atoms with Gasteiger partial charge in [-0.2, -0.15) is 4.52 Å². The second-order valence-corrected chi connectivity index (χ2v) is 4.07. The summed E-state index contributed by atoms with van der Waals surface area (Å²) in [5, 5.41) is 23.6. The summed E-state index contributed by atoms with van der Waals surface area (Å²) in [4.78, 5) is 4.07. The van der Waals surface area contributed by atoms with Crippen molar-refractivity contribution < 1.29 is 5.11 Å². The van der Waals surface area contributed by atoms with E-state index in [0.29, 0.717) is 12.2 Å². The molecule has 7 heteroatoms. The third-order valence-electron chi connectivity index (χ3n) is 2.76. The number of tetrazole rings is 1. The van der Waals surface area contributed by atoms with Crippen LogP contribution in [0.25, 0.3) is 5.65 Å². The fourth-order valence-electron chi connectivity index (χ4n) is 1.83. The highest BCUT2D eigenvalue weighted by atomic mass is 16.3. The molecule has 2 N–H and O–H groups in total. The SMILES string of the molecule is OCc1cccc(CNc2cncc3nnnn23)c1. The normalized spacial score (nSPS) is 10.8. The minimum Gasteiger partial charge on any atom is -0.392 e. The van der Waals surface area contributed by atoms with Gasteiger partial charge in [0.25, 0.3) is 0 Å². The summed E-state index contributed by atoms with van der Waals surface area (Å²) in [6.07, 6.45) is 3.26. The first-order valence-electron chi connectivity index (χ1n) is 5.81. The average molecular weight is 256 g/mol. The van der Waals surface area contributed by atoms with E-state index < -0.39 is 0 Å². The van der Waals surface area contributed by atoms with Crippen LogP contribution in [0.4, 0.5) is 5.82 Å². The van der Waals surface area contributed by atoms with Gasteiger partial charge in [0, 0.05) is 6.54 Å². The van der Waals surface area contributed by atoms with Gasteiger partial charge < -0.3 is 10.4 Å². The zero-order valence-corrected chi connectivity index (χ0v) is 10.1. The van der Waals surface area contributed by atoms with Crippen LogP contribution in [0.5, 0.6) is 0 Å². The number of hydrogen-bond acceptors (Lipinski definition) is 6. The van der Waals surface area contributed by atoms with Crippen molar-refractivity contribution in [3.8, 4) is 0 Å². The first-order chi connectivity index (χ1) is 9.36. The predicted molar refractivity (Wildman–Crippen MR) is 68.3 cm³/mol. The fourth-order valence-corrected chi connectivity index (χ4v) is 1.83. The van der Waals surface area contributed by atoms with Gasteiger partial charge in [-0.3, -0.25) is 4.98 Å². The topological polar surface area (TPSA) is 88.2 Å². The number of hydrogen-bond donors (Lipinski definition) is 2. The molecule has 19 heavy (non-hydrogen) atoms. The predicted octanol–water partition coefficient (Wildman–Crippen LogP) is 0.624. The minimum atomic E-state index is 0.0397. The number of aliphatic hydroxyl groups is 1. The lowest BCUT2D eigenvalue weighted by molar-refractivity contribution is 0.281. The third kappa shape index (κ3) is 2.36. The number of nitrogens with one attached hydrogen (secondary N) is 1. The molecule has 2 heterocycles. The standard InChI is InChI=1S/C12H12N6O/c19-8-10-3-1-2-9(4-10)5-14-11-6-13-7-12-15-16-17-18(11)12/h1-4,6-7,14,19H,5,8H2. The van der Waals surface area contributed by atoms with Crippen LogP contribution < -0.4 is 5.32 Å². The zero-order chi connectivity index (χ0) is 13.1. The van der Waals surface area contributed by atoms with E-state index in [-0.39, 0.29) is 6.61 Å². The Kier molecular flexibility index (Phi) is 3.03. The molecular weight excluding hydrogens is 244 g/mol. The maximum atomic E-state index is 9.10. The van der Waals surface area contributed by atoms with Crippen LogP contribution in [-0.4, -0.2) is 30.1 Å². The van der Waals surface area contributed by atoms with Crippen molar-refractivity contribution >= 4 is 11.5 Å². The van der Waals surface area contributed by atoms with Crippen LogP contribution in [-0.2, 0) is 13.2 Å². The van der Waals surface area contributed by atoms with E-state index in [2.05, 4.69) is 25.8 Å². The molecule has 2 aromatic heterocycles. The Bertz CT molecular complexity index is 695. The largest absolute Gasteiger partial charge is 0.392 e.